The topological polar surface area (TPSA) is 96.8 Å². The zero-order valence-electron chi connectivity index (χ0n) is 27.2. The molecule has 8 rings (SSSR count). The van der Waals surface area contributed by atoms with E-state index in [2.05, 4.69) is 80.8 Å². The first-order chi connectivity index (χ1) is 23.5. The van der Waals surface area contributed by atoms with Crippen LogP contribution < -0.4 is 0 Å². The minimum Gasteiger partial charge on any atom is -0.478 e. The molecule has 0 bridgehead atoms. The summed E-state index contributed by atoms with van der Waals surface area (Å²) in [7, 11) is 0. The summed E-state index contributed by atoms with van der Waals surface area (Å²) in [5, 5.41) is 9.29. The van der Waals surface area contributed by atoms with Crippen LogP contribution in [0.4, 0.5) is 0 Å². The van der Waals surface area contributed by atoms with Gasteiger partial charge in [0.25, 0.3) is 0 Å². The minimum atomic E-state index is -0.969. The SMILES string of the molecule is Cc1cccn2cc(-c3ccc(CN4CCOCC4)cc3)nc12.O=C(O)c1cccn2cc(-c3ccc(CN4CCOCC4)cc3)nc12. The van der Waals surface area contributed by atoms with Gasteiger partial charge in [-0.3, -0.25) is 9.80 Å². The molecule has 2 aliphatic rings. The lowest BCUT2D eigenvalue weighted by atomic mass is 10.1. The van der Waals surface area contributed by atoms with E-state index >= 15 is 0 Å². The Balaban J connectivity index is 0.000000152. The molecule has 0 unspecified atom stereocenters. The molecule has 1 N–H and O–H groups in total. The highest BCUT2D eigenvalue weighted by molar-refractivity contribution is 5.94. The minimum absolute atomic E-state index is 0.206. The molecule has 6 heterocycles. The van der Waals surface area contributed by atoms with Crippen molar-refractivity contribution in [2.75, 3.05) is 52.6 Å². The molecule has 48 heavy (non-hydrogen) atoms. The monoisotopic (exact) mass is 644 g/mol. The number of aromatic carboxylic acids is 1. The van der Waals surface area contributed by atoms with Gasteiger partial charge in [0.2, 0.25) is 0 Å². The van der Waals surface area contributed by atoms with Gasteiger partial charge in [-0.05, 0) is 41.8 Å². The number of carbonyl (C=O) groups is 1. The number of imidazole rings is 2. The predicted molar refractivity (Wildman–Crippen MR) is 185 cm³/mol. The number of ether oxygens (including phenoxy) is 2. The van der Waals surface area contributed by atoms with Crippen LogP contribution in [0.15, 0.2) is 97.6 Å². The lowest BCUT2D eigenvalue weighted by Gasteiger charge is -2.26. The summed E-state index contributed by atoms with van der Waals surface area (Å²) in [6.07, 6.45) is 7.81. The highest BCUT2D eigenvalue weighted by Gasteiger charge is 2.15. The summed E-state index contributed by atoms with van der Waals surface area (Å²) in [5.74, 6) is -0.969. The molecule has 0 saturated carbocycles. The number of hydrogen-bond donors (Lipinski definition) is 1. The van der Waals surface area contributed by atoms with Gasteiger partial charge in [-0.15, -0.1) is 0 Å². The maximum Gasteiger partial charge on any atom is 0.339 e. The van der Waals surface area contributed by atoms with E-state index in [1.54, 1.807) is 16.5 Å². The summed E-state index contributed by atoms with van der Waals surface area (Å²) in [6, 6.07) is 24.5. The van der Waals surface area contributed by atoms with Crippen molar-refractivity contribution in [3.05, 3.63) is 120 Å². The smallest absolute Gasteiger partial charge is 0.339 e. The van der Waals surface area contributed by atoms with Crippen LogP contribution in [0.1, 0.15) is 27.0 Å². The van der Waals surface area contributed by atoms with Crippen molar-refractivity contribution in [3.63, 3.8) is 0 Å². The van der Waals surface area contributed by atoms with E-state index in [-0.39, 0.29) is 5.56 Å². The largest absolute Gasteiger partial charge is 0.478 e. The van der Waals surface area contributed by atoms with E-state index in [4.69, 9.17) is 14.5 Å². The second-order valence-electron chi connectivity index (χ2n) is 12.3. The second kappa shape index (κ2) is 14.5. The number of rotatable bonds is 7. The van der Waals surface area contributed by atoms with Crippen molar-refractivity contribution < 1.29 is 19.4 Å². The normalized spacial score (nSPS) is 15.8. The fourth-order valence-electron chi connectivity index (χ4n) is 6.21. The molecule has 0 aliphatic carbocycles. The summed E-state index contributed by atoms with van der Waals surface area (Å²) >= 11 is 0. The fraction of sp³-hybridized carbons (Fsp3) is 0.289. The van der Waals surface area contributed by atoms with Gasteiger partial charge >= 0.3 is 5.97 Å². The molecule has 10 heteroatoms. The van der Waals surface area contributed by atoms with Gasteiger partial charge in [0.05, 0.1) is 37.8 Å². The van der Waals surface area contributed by atoms with E-state index in [1.807, 2.05) is 30.7 Å². The molecule has 0 spiro atoms. The van der Waals surface area contributed by atoms with Gasteiger partial charge in [-0.25, -0.2) is 14.8 Å². The maximum absolute atomic E-state index is 11.3. The van der Waals surface area contributed by atoms with Gasteiger partial charge in [0, 0.05) is 75.2 Å². The lowest BCUT2D eigenvalue weighted by Crippen LogP contribution is -2.35. The number of morpholine rings is 2. The molecular weight excluding hydrogens is 604 g/mol. The van der Waals surface area contributed by atoms with Crippen LogP contribution in [0.25, 0.3) is 33.8 Å². The Morgan fingerprint density at radius 1 is 0.667 bits per heavy atom. The first kappa shape index (κ1) is 31.7. The van der Waals surface area contributed by atoms with Crippen molar-refractivity contribution in [3.8, 4) is 22.5 Å². The molecule has 2 aromatic carbocycles. The molecule has 2 saturated heterocycles. The van der Waals surface area contributed by atoms with Crippen LogP contribution in [-0.2, 0) is 22.6 Å². The number of hydrogen-bond acceptors (Lipinski definition) is 7. The molecule has 4 aromatic heterocycles. The van der Waals surface area contributed by atoms with Gasteiger partial charge in [-0.1, -0.05) is 54.6 Å². The van der Waals surface area contributed by atoms with Crippen LogP contribution in [-0.4, -0.2) is 92.3 Å². The molecule has 2 fully saturated rings. The van der Waals surface area contributed by atoms with Crippen LogP contribution in [0.5, 0.6) is 0 Å². The van der Waals surface area contributed by atoms with E-state index in [0.29, 0.717) is 5.65 Å². The fourth-order valence-corrected chi connectivity index (χ4v) is 6.21. The Labute approximate surface area is 279 Å². The number of benzene rings is 2. The van der Waals surface area contributed by atoms with E-state index in [0.717, 1.165) is 88.3 Å². The summed E-state index contributed by atoms with van der Waals surface area (Å²) in [6.45, 7) is 11.3. The van der Waals surface area contributed by atoms with Gasteiger partial charge in [-0.2, -0.15) is 0 Å². The van der Waals surface area contributed by atoms with E-state index < -0.39 is 5.97 Å². The second-order valence-corrected chi connectivity index (χ2v) is 12.3. The number of aryl methyl sites for hydroxylation is 1. The number of carboxylic acid groups (broad SMARTS) is 1. The molecule has 0 amide bonds. The molecule has 2 aliphatic heterocycles. The number of carboxylic acids is 1. The zero-order valence-corrected chi connectivity index (χ0v) is 27.2. The van der Waals surface area contributed by atoms with Gasteiger partial charge < -0.3 is 23.4 Å². The van der Waals surface area contributed by atoms with Crippen LogP contribution in [0.3, 0.4) is 0 Å². The third-order valence-electron chi connectivity index (χ3n) is 8.91. The first-order valence-corrected chi connectivity index (χ1v) is 16.4. The van der Waals surface area contributed by atoms with Crippen molar-refractivity contribution >= 4 is 17.3 Å². The van der Waals surface area contributed by atoms with Crippen molar-refractivity contribution in [1.29, 1.82) is 0 Å². The highest BCUT2D eigenvalue weighted by atomic mass is 16.5. The average molecular weight is 645 g/mol. The number of fused-ring (bicyclic) bond motifs is 2. The zero-order chi connectivity index (χ0) is 32.9. The molecule has 0 radical (unpaired) electrons. The Morgan fingerprint density at radius 3 is 1.60 bits per heavy atom. The Kier molecular flexibility index (Phi) is 9.57. The number of pyridine rings is 2. The van der Waals surface area contributed by atoms with Crippen molar-refractivity contribution in [1.82, 2.24) is 28.6 Å². The van der Waals surface area contributed by atoms with Crippen LogP contribution in [0, 0.1) is 6.92 Å². The summed E-state index contributed by atoms with van der Waals surface area (Å²) in [4.78, 5) is 25.4. The molecule has 10 nitrogen and oxygen atoms in total. The molecule has 6 aromatic rings. The first-order valence-electron chi connectivity index (χ1n) is 16.4. The van der Waals surface area contributed by atoms with Crippen molar-refractivity contribution in [2.45, 2.75) is 20.0 Å². The molecular formula is C38H40N6O4. The number of nitrogens with zero attached hydrogens (tertiary/aromatic N) is 6. The highest BCUT2D eigenvalue weighted by Crippen LogP contribution is 2.23. The lowest BCUT2D eigenvalue weighted by molar-refractivity contribution is 0.0341. The Bertz CT molecular complexity index is 1990. The van der Waals surface area contributed by atoms with Crippen LogP contribution in [0.2, 0.25) is 0 Å². The summed E-state index contributed by atoms with van der Waals surface area (Å²) in [5.41, 5.74) is 9.42. The van der Waals surface area contributed by atoms with E-state index in [1.165, 1.54) is 22.3 Å². The predicted octanol–water partition coefficient (Wildman–Crippen LogP) is 5.67. The van der Waals surface area contributed by atoms with Crippen LogP contribution >= 0.6 is 0 Å². The molecule has 246 valence electrons. The van der Waals surface area contributed by atoms with Gasteiger partial charge in [0.1, 0.15) is 11.2 Å². The third-order valence-corrected chi connectivity index (χ3v) is 8.91. The summed E-state index contributed by atoms with van der Waals surface area (Å²) < 4.78 is 14.6. The van der Waals surface area contributed by atoms with Crippen molar-refractivity contribution in [2.24, 2.45) is 0 Å². The standard InChI is InChI=1S/C19H19N3O3.C19H21N3O/c23-19(24)16-2-1-7-22-13-17(20-18(16)22)15-5-3-14(4-6-15)12-21-8-10-25-11-9-21;1-15-3-2-8-22-14-18(20-19(15)22)17-6-4-16(5-7-17)13-21-9-11-23-12-10-21/h1-7,13H,8-12H2,(H,23,24);2-8,14H,9-13H2,1H3. The van der Waals surface area contributed by atoms with Gasteiger partial charge in [0.15, 0.2) is 5.65 Å². The maximum atomic E-state index is 11.3. The average Bonchev–Trinajstić information content (AvgIpc) is 3.76. The Hall–Kier alpha value is -4.87. The quantitative estimate of drug-likeness (QED) is 0.238. The molecule has 0 atom stereocenters. The Morgan fingerprint density at radius 2 is 1.12 bits per heavy atom. The number of aromatic nitrogens is 4. The van der Waals surface area contributed by atoms with E-state index in [9.17, 15) is 9.90 Å². The third kappa shape index (κ3) is 7.32.